The molecule has 11 heavy (non-hydrogen) atoms. The van der Waals surface area contributed by atoms with Gasteiger partial charge in [0.05, 0.1) is 0 Å². The predicted octanol–water partition coefficient (Wildman–Crippen LogP) is 1.55. The summed E-state index contributed by atoms with van der Waals surface area (Å²) in [5.41, 5.74) is 5.67. The van der Waals surface area contributed by atoms with Crippen molar-refractivity contribution >= 4 is 5.91 Å². The van der Waals surface area contributed by atoms with Crippen molar-refractivity contribution in [3.63, 3.8) is 0 Å². The number of hydrogen-bond donors (Lipinski definition) is 1. The van der Waals surface area contributed by atoms with Gasteiger partial charge in [-0.15, -0.1) is 13.2 Å². The van der Waals surface area contributed by atoms with Gasteiger partial charge in [-0.2, -0.15) is 0 Å². The topological polar surface area (TPSA) is 43.1 Å². The molecule has 0 saturated heterocycles. The monoisotopic (exact) mass is 151 g/mol. The molecule has 0 rings (SSSR count). The van der Waals surface area contributed by atoms with E-state index in [2.05, 4.69) is 13.2 Å². The summed E-state index contributed by atoms with van der Waals surface area (Å²) in [4.78, 5) is 10.7. The molecular weight excluding hydrogens is 138 g/mol. The van der Waals surface area contributed by atoms with Gasteiger partial charge in [-0.1, -0.05) is 18.2 Å². The van der Waals surface area contributed by atoms with Gasteiger partial charge in [0.1, 0.15) is 0 Å². The number of primary amides is 1. The highest BCUT2D eigenvalue weighted by Crippen LogP contribution is 2.02. The van der Waals surface area contributed by atoms with Crippen molar-refractivity contribution < 1.29 is 4.79 Å². The Kier molecular flexibility index (Phi) is 4.82. The zero-order valence-electron chi connectivity index (χ0n) is 6.55. The maximum atomic E-state index is 10.7. The Morgan fingerprint density at radius 3 is 2.36 bits per heavy atom. The molecule has 0 aliphatic rings. The molecule has 0 bridgehead atoms. The summed E-state index contributed by atoms with van der Waals surface area (Å²) in [6.07, 6.45) is 6.33. The van der Waals surface area contributed by atoms with Gasteiger partial charge in [-0.25, -0.2) is 0 Å². The number of rotatable bonds is 5. The van der Waals surface area contributed by atoms with Crippen LogP contribution in [0.2, 0.25) is 0 Å². The van der Waals surface area contributed by atoms with Crippen LogP contribution in [0, 0.1) is 0 Å². The van der Waals surface area contributed by atoms with E-state index in [1.165, 1.54) is 0 Å². The van der Waals surface area contributed by atoms with Crippen LogP contribution in [0.5, 0.6) is 0 Å². The van der Waals surface area contributed by atoms with Crippen molar-refractivity contribution in [3.05, 3.63) is 37.0 Å². The molecule has 2 N–H and O–H groups in total. The highest BCUT2D eigenvalue weighted by molar-refractivity contribution is 5.92. The third-order valence-corrected chi connectivity index (χ3v) is 1.21. The van der Waals surface area contributed by atoms with Gasteiger partial charge in [0.25, 0.3) is 0 Å². The van der Waals surface area contributed by atoms with Crippen LogP contribution < -0.4 is 5.73 Å². The first kappa shape index (κ1) is 9.69. The maximum Gasteiger partial charge on any atom is 0.244 e. The van der Waals surface area contributed by atoms with Crippen molar-refractivity contribution in [3.8, 4) is 0 Å². The van der Waals surface area contributed by atoms with Gasteiger partial charge in [0.2, 0.25) is 5.91 Å². The van der Waals surface area contributed by atoms with Crippen LogP contribution in [0.1, 0.15) is 12.8 Å². The Morgan fingerprint density at radius 2 is 2.00 bits per heavy atom. The van der Waals surface area contributed by atoms with E-state index in [9.17, 15) is 4.79 Å². The molecule has 0 aromatic rings. The third kappa shape index (κ3) is 4.14. The minimum absolute atomic E-state index is 0.383. The van der Waals surface area contributed by atoms with Crippen molar-refractivity contribution in [1.82, 2.24) is 0 Å². The number of carbonyl (C=O) groups is 1. The third-order valence-electron chi connectivity index (χ3n) is 1.21. The molecule has 0 aliphatic carbocycles. The lowest BCUT2D eigenvalue weighted by Crippen LogP contribution is -2.13. The van der Waals surface area contributed by atoms with Crippen LogP contribution >= 0.6 is 0 Å². The van der Waals surface area contributed by atoms with Gasteiger partial charge in [-0.3, -0.25) is 4.79 Å². The molecule has 0 aromatic carbocycles. The minimum atomic E-state index is -0.383. The van der Waals surface area contributed by atoms with E-state index < -0.39 is 0 Å². The fourth-order valence-electron chi connectivity index (χ4n) is 0.666. The van der Waals surface area contributed by atoms with E-state index in [1.54, 1.807) is 18.2 Å². The molecule has 0 aromatic heterocycles. The first-order chi connectivity index (χ1) is 5.22. The molecule has 0 spiro atoms. The number of carbonyl (C=O) groups excluding carboxylic acids is 1. The minimum Gasteiger partial charge on any atom is -0.366 e. The molecule has 0 saturated carbocycles. The highest BCUT2D eigenvalue weighted by Gasteiger charge is 1.99. The highest BCUT2D eigenvalue weighted by atomic mass is 16.1. The predicted molar refractivity (Wildman–Crippen MR) is 46.9 cm³/mol. The van der Waals surface area contributed by atoms with Gasteiger partial charge in [0, 0.05) is 5.57 Å². The molecule has 0 unspecified atom stereocenters. The van der Waals surface area contributed by atoms with Crippen LogP contribution in [0.25, 0.3) is 0 Å². The van der Waals surface area contributed by atoms with Gasteiger partial charge in [0.15, 0.2) is 0 Å². The van der Waals surface area contributed by atoms with Gasteiger partial charge < -0.3 is 5.73 Å². The summed E-state index contributed by atoms with van der Waals surface area (Å²) in [6.45, 7) is 7.05. The zero-order valence-corrected chi connectivity index (χ0v) is 6.55. The Labute approximate surface area is 67.1 Å². The van der Waals surface area contributed by atoms with Crippen molar-refractivity contribution in [2.45, 2.75) is 12.8 Å². The molecule has 0 atom stereocenters. The average Bonchev–Trinajstić information content (AvgIpc) is 1.97. The number of allylic oxidation sites excluding steroid dienone is 3. The summed E-state index contributed by atoms with van der Waals surface area (Å²) in [6, 6.07) is 0. The van der Waals surface area contributed by atoms with E-state index >= 15 is 0 Å². The molecule has 0 radical (unpaired) electrons. The Balaban J connectivity index is 4.18. The van der Waals surface area contributed by atoms with E-state index in [0.717, 1.165) is 0 Å². The van der Waals surface area contributed by atoms with E-state index in [-0.39, 0.29) is 5.91 Å². The zero-order chi connectivity index (χ0) is 8.69. The van der Waals surface area contributed by atoms with E-state index in [4.69, 9.17) is 5.73 Å². The fraction of sp³-hybridized carbons (Fsp3) is 0.222. The van der Waals surface area contributed by atoms with Crippen LogP contribution in [0.15, 0.2) is 37.0 Å². The molecule has 2 heteroatoms. The Morgan fingerprint density at radius 1 is 1.36 bits per heavy atom. The summed E-state index contributed by atoms with van der Waals surface area (Å²) < 4.78 is 0. The summed E-state index contributed by atoms with van der Waals surface area (Å²) in [7, 11) is 0. The second-order valence-electron chi connectivity index (χ2n) is 2.11. The first-order valence-corrected chi connectivity index (χ1v) is 3.43. The molecule has 0 heterocycles. The molecule has 0 aliphatic heterocycles. The second kappa shape index (κ2) is 5.47. The average molecular weight is 151 g/mol. The normalized spacial score (nSPS) is 10.7. The number of nitrogens with two attached hydrogens (primary N) is 1. The SMILES string of the molecule is C=CCC=C(CC=C)C(N)=O. The maximum absolute atomic E-state index is 10.7. The van der Waals surface area contributed by atoms with Gasteiger partial charge >= 0.3 is 0 Å². The molecule has 1 amide bonds. The largest absolute Gasteiger partial charge is 0.366 e. The van der Waals surface area contributed by atoms with Crippen LogP contribution in [-0.4, -0.2) is 5.91 Å². The number of hydrogen-bond acceptors (Lipinski definition) is 1. The van der Waals surface area contributed by atoms with Crippen molar-refractivity contribution in [2.24, 2.45) is 5.73 Å². The summed E-state index contributed by atoms with van der Waals surface area (Å²) in [5.74, 6) is -0.383. The van der Waals surface area contributed by atoms with Crippen LogP contribution in [0.3, 0.4) is 0 Å². The molecule has 2 nitrogen and oxygen atoms in total. The fourth-order valence-corrected chi connectivity index (χ4v) is 0.666. The van der Waals surface area contributed by atoms with Crippen molar-refractivity contribution in [1.29, 1.82) is 0 Å². The molecular formula is C9H13NO. The van der Waals surface area contributed by atoms with Crippen LogP contribution in [0.4, 0.5) is 0 Å². The smallest absolute Gasteiger partial charge is 0.244 e. The molecule has 0 fully saturated rings. The lowest BCUT2D eigenvalue weighted by Gasteiger charge is -1.96. The first-order valence-electron chi connectivity index (χ1n) is 3.43. The standard InChI is InChI=1S/C9H13NO/c1-3-5-7-8(6-4-2)9(10)11/h3-4,7H,1-2,5-6H2,(H2,10,11). The van der Waals surface area contributed by atoms with Crippen LogP contribution in [-0.2, 0) is 4.79 Å². The second-order valence-corrected chi connectivity index (χ2v) is 2.11. The number of amides is 1. The quantitative estimate of drug-likeness (QED) is 0.470. The summed E-state index contributed by atoms with van der Waals surface area (Å²) >= 11 is 0. The Bertz CT molecular complexity index is 192. The van der Waals surface area contributed by atoms with E-state index in [1.807, 2.05) is 0 Å². The Hall–Kier alpha value is -1.31. The summed E-state index contributed by atoms with van der Waals surface area (Å²) in [5, 5.41) is 0. The lowest BCUT2D eigenvalue weighted by atomic mass is 10.1. The van der Waals surface area contributed by atoms with E-state index in [0.29, 0.717) is 18.4 Å². The lowest BCUT2D eigenvalue weighted by molar-refractivity contribution is -0.114. The van der Waals surface area contributed by atoms with Gasteiger partial charge in [-0.05, 0) is 12.8 Å². The molecule has 60 valence electrons. The van der Waals surface area contributed by atoms with Crippen molar-refractivity contribution in [2.75, 3.05) is 0 Å².